The van der Waals surface area contributed by atoms with Crippen molar-refractivity contribution in [3.63, 3.8) is 0 Å². The zero-order valence-corrected chi connectivity index (χ0v) is 16.8. The lowest BCUT2D eigenvalue weighted by Gasteiger charge is -2.58. The highest BCUT2D eigenvalue weighted by Gasteiger charge is 2.50. The van der Waals surface area contributed by atoms with Crippen LogP contribution in [0.25, 0.3) is 0 Å². The molecular weight excluding hydrogens is 364 g/mol. The quantitative estimate of drug-likeness (QED) is 0.785. The first-order valence-corrected chi connectivity index (χ1v) is 10.1. The average molecular weight is 390 g/mol. The highest BCUT2D eigenvalue weighted by Crippen LogP contribution is 2.39. The first kappa shape index (κ1) is 19.6. The van der Waals surface area contributed by atoms with E-state index < -0.39 is 0 Å². The lowest BCUT2D eigenvalue weighted by Crippen LogP contribution is -2.72. The van der Waals surface area contributed by atoms with Crippen LogP contribution in [0.2, 0.25) is 0 Å². The number of pyridine rings is 1. The summed E-state index contributed by atoms with van der Waals surface area (Å²) in [4.78, 5) is 21.1. The van der Waals surface area contributed by atoms with Crippen LogP contribution in [0.15, 0.2) is 48.8 Å². The highest BCUT2D eigenvalue weighted by atomic mass is 16.5. The molecule has 4 rings (SSSR count). The Hall–Kier alpha value is -2.75. The lowest BCUT2D eigenvalue weighted by atomic mass is 9.75. The molecule has 2 saturated heterocycles. The summed E-state index contributed by atoms with van der Waals surface area (Å²) in [6, 6.07) is 13.0. The molecule has 0 saturated carbocycles. The number of hydrogen-bond donors (Lipinski definition) is 0. The van der Waals surface area contributed by atoms with Crippen LogP contribution in [-0.4, -0.2) is 59.5 Å². The van der Waals surface area contributed by atoms with Crippen LogP contribution in [0.5, 0.6) is 0 Å². The van der Waals surface area contributed by atoms with Gasteiger partial charge in [0.25, 0.3) is 5.91 Å². The minimum atomic E-state index is 0.0113. The summed E-state index contributed by atoms with van der Waals surface area (Å²) in [5.41, 5.74) is 2.30. The van der Waals surface area contributed by atoms with E-state index in [0.29, 0.717) is 23.7 Å². The minimum Gasteiger partial charge on any atom is -0.376 e. The summed E-state index contributed by atoms with van der Waals surface area (Å²) in [5.74, 6) is 0.518. The second-order valence-corrected chi connectivity index (χ2v) is 8.23. The molecule has 1 spiro atoms. The molecule has 1 aromatic heterocycles. The van der Waals surface area contributed by atoms with Crippen LogP contribution < -0.4 is 0 Å². The van der Waals surface area contributed by atoms with E-state index in [1.165, 1.54) is 0 Å². The topological polar surface area (TPSA) is 69.5 Å². The number of likely N-dealkylation sites (N-methyl/N-ethyl adjacent to an activating group) is 1. The zero-order valence-electron chi connectivity index (χ0n) is 16.8. The normalized spacial score (nSPS) is 20.8. The van der Waals surface area contributed by atoms with Gasteiger partial charge in [0.1, 0.15) is 0 Å². The number of carbonyl (C=O) groups excluding carboxylic acids is 1. The summed E-state index contributed by atoms with van der Waals surface area (Å²) in [6.07, 6.45) is 5.74. The predicted octanol–water partition coefficient (Wildman–Crippen LogP) is 2.71. The smallest absolute Gasteiger partial charge is 0.254 e. The molecule has 0 unspecified atom stereocenters. The van der Waals surface area contributed by atoms with Crippen molar-refractivity contribution in [2.75, 3.05) is 33.3 Å². The van der Waals surface area contributed by atoms with Crippen LogP contribution in [0.4, 0.5) is 0 Å². The lowest BCUT2D eigenvalue weighted by molar-refractivity contribution is -0.0768. The number of nitrogens with zero attached hydrogens (tertiary/aromatic N) is 4. The van der Waals surface area contributed by atoms with Crippen molar-refractivity contribution in [3.05, 3.63) is 65.5 Å². The minimum absolute atomic E-state index is 0.0113. The maximum atomic E-state index is 12.8. The van der Waals surface area contributed by atoms with Gasteiger partial charge in [0.2, 0.25) is 0 Å². The molecule has 29 heavy (non-hydrogen) atoms. The van der Waals surface area contributed by atoms with Crippen molar-refractivity contribution in [2.45, 2.75) is 25.0 Å². The number of amides is 1. The fraction of sp³-hybridized carbons (Fsp3) is 0.435. The standard InChI is InChI=1S/C23H26N4O2/c1-26-10-7-20(15-29-14-18-5-8-25-9-6-18)12-23(26)16-27(17-23)22(28)21-4-2-3-19(11-21)13-24/h2-6,8-9,11,20H,7,10,12,14-17H2,1H3/t20-/m1/s1. The Bertz CT molecular complexity index is 903. The number of carbonyl (C=O) groups is 1. The molecule has 0 bridgehead atoms. The number of piperidine rings is 1. The second kappa shape index (κ2) is 8.32. The van der Waals surface area contributed by atoms with Crippen molar-refractivity contribution in [1.29, 1.82) is 5.26 Å². The van der Waals surface area contributed by atoms with E-state index in [0.717, 1.165) is 44.6 Å². The Labute approximate surface area is 171 Å². The van der Waals surface area contributed by atoms with Gasteiger partial charge in [0.05, 0.1) is 23.8 Å². The summed E-state index contributed by atoms with van der Waals surface area (Å²) < 4.78 is 5.97. The van der Waals surface area contributed by atoms with Gasteiger partial charge in [-0.1, -0.05) is 6.07 Å². The Morgan fingerprint density at radius 1 is 1.31 bits per heavy atom. The average Bonchev–Trinajstić information content (AvgIpc) is 2.73. The molecule has 2 aromatic rings. The number of benzene rings is 1. The Morgan fingerprint density at radius 2 is 2.10 bits per heavy atom. The molecule has 0 radical (unpaired) electrons. The summed E-state index contributed by atoms with van der Waals surface area (Å²) >= 11 is 0. The third kappa shape index (κ3) is 4.16. The molecule has 3 heterocycles. The maximum absolute atomic E-state index is 12.8. The van der Waals surface area contributed by atoms with Crippen LogP contribution in [-0.2, 0) is 11.3 Å². The number of ether oxygens (including phenoxy) is 1. The van der Waals surface area contributed by atoms with Gasteiger partial charge in [-0.2, -0.15) is 5.26 Å². The number of nitriles is 1. The van der Waals surface area contributed by atoms with Crippen LogP contribution >= 0.6 is 0 Å². The van der Waals surface area contributed by atoms with Crippen molar-refractivity contribution in [2.24, 2.45) is 5.92 Å². The monoisotopic (exact) mass is 390 g/mol. The Morgan fingerprint density at radius 3 is 2.86 bits per heavy atom. The molecule has 6 nitrogen and oxygen atoms in total. The SMILES string of the molecule is CN1CC[C@@H](COCc2ccncc2)CC12CN(C(=O)c1cccc(C#N)c1)C2. The van der Waals surface area contributed by atoms with Crippen molar-refractivity contribution < 1.29 is 9.53 Å². The van der Waals surface area contributed by atoms with Crippen molar-refractivity contribution >= 4 is 5.91 Å². The molecule has 1 amide bonds. The number of rotatable bonds is 5. The summed E-state index contributed by atoms with van der Waals surface area (Å²) in [6.45, 7) is 3.85. The second-order valence-electron chi connectivity index (χ2n) is 8.23. The molecule has 1 aromatic carbocycles. The molecule has 0 N–H and O–H groups in total. The Kier molecular flexibility index (Phi) is 5.61. The van der Waals surface area contributed by atoms with Crippen LogP contribution in [0, 0.1) is 17.2 Å². The van der Waals surface area contributed by atoms with E-state index in [1.54, 1.807) is 36.7 Å². The molecule has 2 aliphatic rings. The van der Waals surface area contributed by atoms with Gasteiger partial charge in [-0.15, -0.1) is 0 Å². The van der Waals surface area contributed by atoms with E-state index in [2.05, 4.69) is 23.0 Å². The fourth-order valence-corrected chi connectivity index (χ4v) is 4.46. The molecular formula is C23H26N4O2. The largest absolute Gasteiger partial charge is 0.376 e. The zero-order chi connectivity index (χ0) is 20.3. The third-order valence-electron chi connectivity index (χ3n) is 6.22. The van der Waals surface area contributed by atoms with Gasteiger partial charge in [0, 0.05) is 37.7 Å². The number of aromatic nitrogens is 1. The maximum Gasteiger partial charge on any atom is 0.254 e. The van der Waals surface area contributed by atoms with Gasteiger partial charge in [-0.3, -0.25) is 14.7 Å². The molecule has 2 fully saturated rings. The predicted molar refractivity (Wildman–Crippen MR) is 109 cm³/mol. The molecule has 0 aliphatic carbocycles. The third-order valence-corrected chi connectivity index (χ3v) is 6.22. The van der Waals surface area contributed by atoms with Gasteiger partial charge in [-0.25, -0.2) is 0 Å². The highest BCUT2D eigenvalue weighted by molar-refractivity contribution is 5.95. The van der Waals surface area contributed by atoms with Crippen molar-refractivity contribution in [3.8, 4) is 6.07 Å². The van der Waals surface area contributed by atoms with E-state index in [-0.39, 0.29) is 11.4 Å². The first-order valence-electron chi connectivity index (χ1n) is 10.1. The molecule has 2 aliphatic heterocycles. The number of hydrogen-bond acceptors (Lipinski definition) is 5. The first-order chi connectivity index (χ1) is 14.1. The van der Waals surface area contributed by atoms with E-state index in [4.69, 9.17) is 10.00 Å². The van der Waals surface area contributed by atoms with Gasteiger partial charge < -0.3 is 9.64 Å². The van der Waals surface area contributed by atoms with E-state index in [1.807, 2.05) is 17.0 Å². The van der Waals surface area contributed by atoms with E-state index in [9.17, 15) is 4.79 Å². The van der Waals surface area contributed by atoms with Gasteiger partial charge >= 0.3 is 0 Å². The fourth-order valence-electron chi connectivity index (χ4n) is 4.46. The number of likely N-dealkylation sites (tertiary alicyclic amines) is 2. The van der Waals surface area contributed by atoms with Crippen LogP contribution in [0.1, 0.15) is 34.3 Å². The molecule has 150 valence electrons. The van der Waals surface area contributed by atoms with Gasteiger partial charge in [0.15, 0.2) is 0 Å². The van der Waals surface area contributed by atoms with Crippen molar-refractivity contribution in [1.82, 2.24) is 14.8 Å². The molecule has 1 atom stereocenters. The van der Waals surface area contributed by atoms with E-state index >= 15 is 0 Å². The van der Waals surface area contributed by atoms with Crippen LogP contribution in [0.3, 0.4) is 0 Å². The Balaban J connectivity index is 1.32. The summed E-state index contributed by atoms with van der Waals surface area (Å²) in [5, 5.41) is 9.06. The van der Waals surface area contributed by atoms with Gasteiger partial charge in [-0.05, 0) is 68.2 Å². The summed E-state index contributed by atoms with van der Waals surface area (Å²) in [7, 11) is 2.16. The molecule has 6 heteroatoms.